The predicted octanol–water partition coefficient (Wildman–Crippen LogP) is 2.00. The third-order valence-corrected chi connectivity index (χ3v) is 4.77. The molecule has 0 radical (unpaired) electrons. The SMILES string of the molecule is CC(C)[C@H](Oc1ccccc1)C(=O)N1CCC(n2cc(CN)nn2)CC1. The molecule has 1 amide bonds. The lowest BCUT2D eigenvalue weighted by molar-refractivity contribution is -0.142. The number of carbonyl (C=O) groups excluding carboxylic acids is 1. The van der Waals surface area contributed by atoms with Crippen LogP contribution in [0.5, 0.6) is 5.75 Å². The second kappa shape index (κ2) is 8.31. The van der Waals surface area contributed by atoms with Crippen molar-refractivity contribution in [2.75, 3.05) is 13.1 Å². The van der Waals surface area contributed by atoms with Crippen LogP contribution in [0.15, 0.2) is 36.5 Å². The second-order valence-corrected chi connectivity index (χ2v) is 7.05. The Balaban J connectivity index is 1.60. The van der Waals surface area contributed by atoms with Crippen LogP contribution in [0.1, 0.15) is 38.4 Å². The first-order valence-corrected chi connectivity index (χ1v) is 9.19. The lowest BCUT2D eigenvalue weighted by Gasteiger charge is -2.35. The molecule has 7 heteroatoms. The molecule has 1 aliphatic rings. The van der Waals surface area contributed by atoms with Gasteiger partial charge < -0.3 is 15.4 Å². The molecule has 1 saturated heterocycles. The van der Waals surface area contributed by atoms with Gasteiger partial charge in [-0.3, -0.25) is 4.79 Å². The molecule has 1 aromatic carbocycles. The standard InChI is InChI=1S/C19H27N5O2/c1-14(2)18(26-17-6-4-3-5-7-17)19(25)23-10-8-16(9-11-23)24-13-15(12-20)21-22-24/h3-7,13-14,16,18H,8-12,20H2,1-2H3/t18-/m0/s1. The molecule has 0 spiro atoms. The Labute approximate surface area is 154 Å². The van der Waals surface area contributed by atoms with Crippen molar-refractivity contribution >= 4 is 5.91 Å². The van der Waals surface area contributed by atoms with Crippen LogP contribution in [0, 0.1) is 5.92 Å². The summed E-state index contributed by atoms with van der Waals surface area (Å²) in [5, 5.41) is 8.21. The minimum Gasteiger partial charge on any atom is -0.480 e. The van der Waals surface area contributed by atoms with E-state index in [2.05, 4.69) is 10.3 Å². The molecule has 140 valence electrons. The number of benzene rings is 1. The summed E-state index contributed by atoms with van der Waals surface area (Å²) in [6.07, 6.45) is 3.14. The van der Waals surface area contributed by atoms with Crippen molar-refractivity contribution in [3.05, 3.63) is 42.2 Å². The fourth-order valence-corrected chi connectivity index (χ4v) is 3.23. The molecule has 1 atom stereocenters. The van der Waals surface area contributed by atoms with E-state index in [9.17, 15) is 4.79 Å². The lowest BCUT2D eigenvalue weighted by Crippen LogP contribution is -2.48. The van der Waals surface area contributed by atoms with Crippen molar-refractivity contribution < 1.29 is 9.53 Å². The number of nitrogens with two attached hydrogens (primary N) is 1. The summed E-state index contributed by atoms with van der Waals surface area (Å²) in [5.74, 6) is 0.887. The topological polar surface area (TPSA) is 86.3 Å². The van der Waals surface area contributed by atoms with Crippen molar-refractivity contribution in [1.82, 2.24) is 19.9 Å². The molecule has 1 fully saturated rings. The van der Waals surface area contributed by atoms with Gasteiger partial charge in [-0.25, -0.2) is 4.68 Å². The van der Waals surface area contributed by atoms with Gasteiger partial charge in [-0.15, -0.1) is 5.10 Å². The molecule has 2 aromatic rings. The zero-order valence-corrected chi connectivity index (χ0v) is 15.4. The highest BCUT2D eigenvalue weighted by molar-refractivity contribution is 5.81. The van der Waals surface area contributed by atoms with Crippen LogP contribution in [0.2, 0.25) is 0 Å². The Morgan fingerprint density at radius 1 is 1.27 bits per heavy atom. The van der Waals surface area contributed by atoms with Gasteiger partial charge in [0.25, 0.3) is 5.91 Å². The van der Waals surface area contributed by atoms with Crippen molar-refractivity contribution in [1.29, 1.82) is 0 Å². The third kappa shape index (κ3) is 4.22. The Morgan fingerprint density at radius 2 is 1.96 bits per heavy atom. The van der Waals surface area contributed by atoms with Crippen LogP contribution >= 0.6 is 0 Å². The van der Waals surface area contributed by atoms with Crippen molar-refractivity contribution in [3.63, 3.8) is 0 Å². The fraction of sp³-hybridized carbons (Fsp3) is 0.526. The molecule has 2 heterocycles. The van der Waals surface area contributed by atoms with Gasteiger partial charge in [-0.2, -0.15) is 0 Å². The van der Waals surface area contributed by atoms with Gasteiger partial charge in [0.05, 0.1) is 17.9 Å². The van der Waals surface area contributed by atoms with Gasteiger partial charge in [0.1, 0.15) is 5.75 Å². The number of ether oxygens (including phenoxy) is 1. The van der Waals surface area contributed by atoms with E-state index in [4.69, 9.17) is 10.5 Å². The molecule has 1 aromatic heterocycles. The monoisotopic (exact) mass is 357 g/mol. The maximum absolute atomic E-state index is 13.0. The molecule has 1 aliphatic heterocycles. The maximum atomic E-state index is 13.0. The van der Waals surface area contributed by atoms with Gasteiger partial charge in [0.2, 0.25) is 0 Å². The molecule has 2 N–H and O–H groups in total. The van der Waals surface area contributed by atoms with E-state index in [1.165, 1.54) is 0 Å². The Morgan fingerprint density at radius 3 is 2.54 bits per heavy atom. The Hall–Kier alpha value is -2.41. The van der Waals surface area contributed by atoms with E-state index in [1.807, 2.05) is 60.0 Å². The predicted molar refractivity (Wildman–Crippen MR) is 98.5 cm³/mol. The second-order valence-electron chi connectivity index (χ2n) is 7.05. The zero-order valence-electron chi connectivity index (χ0n) is 15.4. The van der Waals surface area contributed by atoms with Crippen LogP contribution in [0.25, 0.3) is 0 Å². The smallest absolute Gasteiger partial charge is 0.263 e. The molecule has 7 nitrogen and oxygen atoms in total. The largest absolute Gasteiger partial charge is 0.480 e. The molecule has 26 heavy (non-hydrogen) atoms. The number of likely N-dealkylation sites (tertiary alicyclic amines) is 1. The summed E-state index contributed by atoms with van der Waals surface area (Å²) < 4.78 is 7.87. The molecular weight excluding hydrogens is 330 g/mol. The number of rotatable bonds is 6. The summed E-state index contributed by atoms with van der Waals surface area (Å²) in [6.45, 7) is 5.82. The first kappa shape index (κ1) is 18.4. The number of carbonyl (C=O) groups is 1. The van der Waals surface area contributed by atoms with E-state index >= 15 is 0 Å². The Bertz CT molecular complexity index is 708. The minimum absolute atomic E-state index is 0.0588. The molecular formula is C19H27N5O2. The van der Waals surface area contributed by atoms with Crippen LogP contribution in [-0.4, -0.2) is 45.0 Å². The van der Waals surface area contributed by atoms with Crippen LogP contribution in [0.3, 0.4) is 0 Å². The average molecular weight is 357 g/mol. The van der Waals surface area contributed by atoms with Gasteiger partial charge in [-0.1, -0.05) is 37.3 Å². The van der Waals surface area contributed by atoms with E-state index in [1.54, 1.807) is 0 Å². The number of nitrogens with zero attached hydrogens (tertiary/aromatic N) is 4. The maximum Gasteiger partial charge on any atom is 0.263 e. The van der Waals surface area contributed by atoms with Crippen LogP contribution in [0.4, 0.5) is 0 Å². The highest BCUT2D eigenvalue weighted by atomic mass is 16.5. The first-order chi connectivity index (χ1) is 12.6. The molecule has 0 saturated carbocycles. The van der Waals surface area contributed by atoms with E-state index in [0.29, 0.717) is 19.6 Å². The molecule has 3 rings (SSSR count). The first-order valence-electron chi connectivity index (χ1n) is 9.19. The van der Waals surface area contributed by atoms with Crippen molar-refractivity contribution in [2.45, 2.75) is 45.4 Å². The average Bonchev–Trinajstić information content (AvgIpc) is 3.15. The fourth-order valence-electron chi connectivity index (χ4n) is 3.23. The molecule has 0 unspecified atom stereocenters. The van der Waals surface area contributed by atoms with Crippen molar-refractivity contribution in [2.24, 2.45) is 11.7 Å². The summed E-state index contributed by atoms with van der Waals surface area (Å²) in [5.41, 5.74) is 6.39. The van der Waals surface area contributed by atoms with Gasteiger partial charge in [0, 0.05) is 19.6 Å². The third-order valence-electron chi connectivity index (χ3n) is 4.77. The van der Waals surface area contributed by atoms with Gasteiger partial charge in [-0.05, 0) is 30.9 Å². The number of para-hydroxylation sites is 1. The molecule has 0 aliphatic carbocycles. The number of hydrogen-bond acceptors (Lipinski definition) is 5. The number of amides is 1. The van der Waals surface area contributed by atoms with Crippen LogP contribution < -0.4 is 10.5 Å². The highest BCUT2D eigenvalue weighted by Gasteiger charge is 2.32. The van der Waals surface area contributed by atoms with Gasteiger partial charge in [0.15, 0.2) is 6.10 Å². The number of aromatic nitrogens is 3. The normalized spacial score (nSPS) is 16.7. The highest BCUT2D eigenvalue weighted by Crippen LogP contribution is 2.24. The van der Waals surface area contributed by atoms with Crippen LogP contribution in [-0.2, 0) is 11.3 Å². The molecule has 0 bridgehead atoms. The van der Waals surface area contributed by atoms with E-state index in [-0.39, 0.29) is 17.9 Å². The number of hydrogen-bond donors (Lipinski definition) is 1. The quantitative estimate of drug-likeness (QED) is 0.854. The van der Waals surface area contributed by atoms with Crippen molar-refractivity contribution in [3.8, 4) is 5.75 Å². The summed E-state index contributed by atoms with van der Waals surface area (Å²) >= 11 is 0. The van der Waals surface area contributed by atoms with E-state index < -0.39 is 6.10 Å². The number of piperidine rings is 1. The summed E-state index contributed by atoms with van der Waals surface area (Å²) in [6, 6.07) is 9.79. The Kier molecular flexibility index (Phi) is 5.88. The van der Waals surface area contributed by atoms with Gasteiger partial charge >= 0.3 is 0 Å². The summed E-state index contributed by atoms with van der Waals surface area (Å²) in [4.78, 5) is 14.9. The van der Waals surface area contributed by atoms with E-state index in [0.717, 1.165) is 24.3 Å². The minimum atomic E-state index is -0.468. The lowest BCUT2D eigenvalue weighted by atomic mass is 10.0. The summed E-state index contributed by atoms with van der Waals surface area (Å²) in [7, 11) is 0. The zero-order chi connectivity index (χ0) is 18.5.